The normalized spacial score (nSPS) is 22.6. The van der Waals surface area contributed by atoms with E-state index in [1.165, 1.54) is 0 Å². The molecule has 0 amide bonds. The zero-order valence-electron chi connectivity index (χ0n) is 8.07. The van der Waals surface area contributed by atoms with Gasteiger partial charge in [0.15, 0.2) is 0 Å². The zero-order chi connectivity index (χ0) is 9.97. The molecular weight excluding hydrogens is 200 g/mol. The van der Waals surface area contributed by atoms with Gasteiger partial charge >= 0.3 is 0 Å². The number of anilines is 1. The third-order valence-electron chi connectivity index (χ3n) is 2.34. The molecule has 76 valence electrons. The molecule has 0 aliphatic carbocycles. The largest absolute Gasteiger partial charge is 0.350 e. The zero-order valence-corrected chi connectivity index (χ0v) is 8.83. The molecule has 14 heavy (non-hydrogen) atoms. The van der Waals surface area contributed by atoms with E-state index in [2.05, 4.69) is 27.2 Å². The van der Waals surface area contributed by atoms with Crippen molar-refractivity contribution in [3.05, 3.63) is 17.4 Å². The lowest BCUT2D eigenvalue weighted by molar-refractivity contribution is 0.414. The van der Waals surface area contributed by atoms with Gasteiger partial charge in [0.1, 0.15) is 0 Å². The fourth-order valence-corrected chi connectivity index (χ4v) is 1.72. The minimum absolute atomic E-state index is 0.459. The summed E-state index contributed by atoms with van der Waals surface area (Å²) < 4.78 is 0. The maximum Gasteiger partial charge on any atom is 0.222 e. The molecule has 1 aliphatic heterocycles. The van der Waals surface area contributed by atoms with Gasteiger partial charge in [0, 0.05) is 12.6 Å². The monoisotopic (exact) mass is 212 g/mol. The van der Waals surface area contributed by atoms with E-state index in [0.29, 0.717) is 17.0 Å². The molecule has 0 aromatic carbocycles. The van der Waals surface area contributed by atoms with Crippen molar-refractivity contribution in [2.45, 2.75) is 12.5 Å². The van der Waals surface area contributed by atoms with Gasteiger partial charge in [-0.2, -0.15) is 0 Å². The Kier molecular flexibility index (Phi) is 2.84. The molecule has 1 unspecified atom stereocenters. The topological polar surface area (TPSA) is 41.0 Å². The summed E-state index contributed by atoms with van der Waals surface area (Å²) in [7, 11) is 2.12. The third kappa shape index (κ3) is 2.33. The Balaban J connectivity index is 1.94. The number of rotatable bonds is 2. The van der Waals surface area contributed by atoms with Crippen LogP contribution >= 0.6 is 11.6 Å². The van der Waals surface area contributed by atoms with E-state index in [1.807, 2.05) is 0 Å². The van der Waals surface area contributed by atoms with Crippen LogP contribution in [0.3, 0.4) is 0 Å². The van der Waals surface area contributed by atoms with Gasteiger partial charge in [-0.25, -0.2) is 9.97 Å². The molecule has 2 rings (SSSR count). The minimum atomic E-state index is 0.459. The van der Waals surface area contributed by atoms with Crippen LogP contribution in [0.25, 0.3) is 0 Å². The molecule has 1 atom stereocenters. The van der Waals surface area contributed by atoms with Gasteiger partial charge in [-0.05, 0) is 20.0 Å². The highest BCUT2D eigenvalue weighted by molar-refractivity contribution is 6.30. The number of aromatic nitrogens is 2. The first kappa shape index (κ1) is 9.68. The van der Waals surface area contributed by atoms with Crippen LogP contribution in [0.5, 0.6) is 0 Å². The van der Waals surface area contributed by atoms with Crippen molar-refractivity contribution in [2.75, 3.05) is 25.5 Å². The predicted molar refractivity (Wildman–Crippen MR) is 56.6 cm³/mol. The van der Waals surface area contributed by atoms with Crippen molar-refractivity contribution >= 4 is 17.5 Å². The lowest BCUT2D eigenvalue weighted by Crippen LogP contribution is -2.24. The molecule has 1 fully saturated rings. The van der Waals surface area contributed by atoms with Crippen LogP contribution in [-0.4, -0.2) is 41.0 Å². The SMILES string of the molecule is CN1CCC(Nc2ncc(Cl)cn2)C1. The van der Waals surface area contributed by atoms with E-state index in [-0.39, 0.29) is 0 Å². The van der Waals surface area contributed by atoms with Crippen LogP contribution in [0, 0.1) is 0 Å². The van der Waals surface area contributed by atoms with Gasteiger partial charge in [-0.1, -0.05) is 11.6 Å². The quantitative estimate of drug-likeness (QED) is 0.801. The fourth-order valence-electron chi connectivity index (χ4n) is 1.62. The van der Waals surface area contributed by atoms with Gasteiger partial charge < -0.3 is 10.2 Å². The van der Waals surface area contributed by atoms with Gasteiger partial charge in [0.05, 0.1) is 17.4 Å². The highest BCUT2D eigenvalue weighted by Gasteiger charge is 2.19. The number of hydrogen-bond donors (Lipinski definition) is 1. The van der Waals surface area contributed by atoms with Gasteiger partial charge in [-0.15, -0.1) is 0 Å². The highest BCUT2D eigenvalue weighted by Crippen LogP contribution is 2.12. The first-order chi connectivity index (χ1) is 6.74. The molecular formula is C9H13ClN4. The van der Waals surface area contributed by atoms with Gasteiger partial charge in [-0.3, -0.25) is 0 Å². The van der Waals surface area contributed by atoms with Crippen molar-refractivity contribution in [1.29, 1.82) is 0 Å². The lowest BCUT2D eigenvalue weighted by Gasteiger charge is -2.11. The first-order valence-electron chi connectivity index (χ1n) is 4.66. The van der Waals surface area contributed by atoms with E-state index in [9.17, 15) is 0 Å². The van der Waals surface area contributed by atoms with E-state index in [4.69, 9.17) is 11.6 Å². The fraction of sp³-hybridized carbons (Fsp3) is 0.556. The van der Waals surface area contributed by atoms with E-state index in [0.717, 1.165) is 19.5 Å². The molecule has 1 aliphatic rings. The second-order valence-corrected chi connectivity index (χ2v) is 4.05. The molecule has 0 bridgehead atoms. The second kappa shape index (κ2) is 4.11. The average molecular weight is 213 g/mol. The molecule has 0 radical (unpaired) electrons. The summed E-state index contributed by atoms with van der Waals surface area (Å²) >= 11 is 5.69. The molecule has 2 heterocycles. The smallest absolute Gasteiger partial charge is 0.222 e. The number of likely N-dealkylation sites (N-methyl/N-ethyl adjacent to an activating group) is 1. The first-order valence-corrected chi connectivity index (χ1v) is 5.04. The van der Waals surface area contributed by atoms with E-state index < -0.39 is 0 Å². The summed E-state index contributed by atoms with van der Waals surface area (Å²) in [6, 6.07) is 0.459. The summed E-state index contributed by atoms with van der Waals surface area (Å²) in [5.41, 5.74) is 0. The highest BCUT2D eigenvalue weighted by atomic mass is 35.5. The Morgan fingerprint density at radius 2 is 2.21 bits per heavy atom. The van der Waals surface area contributed by atoms with Crippen LogP contribution in [0.2, 0.25) is 5.02 Å². The minimum Gasteiger partial charge on any atom is -0.350 e. The molecule has 0 saturated carbocycles. The number of halogens is 1. The third-order valence-corrected chi connectivity index (χ3v) is 2.54. The molecule has 1 aromatic rings. The standard InChI is InChI=1S/C9H13ClN4/c1-14-3-2-8(6-14)13-9-11-4-7(10)5-12-9/h4-5,8H,2-3,6H2,1H3,(H,11,12,13). The van der Waals surface area contributed by atoms with Crippen molar-refractivity contribution in [3.8, 4) is 0 Å². The van der Waals surface area contributed by atoms with Crippen molar-refractivity contribution in [3.63, 3.8) is 0 Å². The number of hydrogen-bond acceptors (Lipinski definition) is 4. The summed E-state index contributed by atoms with van der Waals surface area (Å²) in [6.07, 6.45) is 4.35. The van der Waals surface area contributed by atoms with E-state index in [1.54, 1.807) is 12.4 Å². The summed E-state index contributed by atoms with van der Waals surface area (Å²) in [6.45, 7) is 2.18. The van der Waals surface area contributed by atoms with Gasteiger partial charge in [0.2, 0.25) is 5.95 Å². The lowest BCUT2D eigenvalue weighted by atomic mass is 10.3. The maximum atomic E-state index is 5.69. The van der Waals surface area contributed by atoms with E-state index >= 15 is 0 Å². The van der Waals surface area contributed by atoms with Crippen LogP contribution in [0.15, 0.2) is 12.4 Å². The summed E-state index contributed by atoms with van der Waals surface area (Å²) in [5.74, 6) is 0.662. The Morgan fingerprint density at radius 3 is 2.79 bits per heavy atom. The number of nitrogens with one attached hydrogen (secondary N) is 1. The Labute approximate surface area is 88.3 Å². The molecule has 1 aromatic heterocycles. The molecule has 4 nitrogen and oxygen atoms in total. The molecule has 5 heteroatoms. The van der Waals surface area contributed by atoms with Crippen molar-refractivity contribution in [1.82, 2.24) is 14.9 Å². The molecule has 1 saturated heterocycles. The molecule has 0 spiro atoms. The van der Waals surface area contributed by atoms with Crippen molar-refractivity contribution < 1.29 is 0 Å². The Morgan fingerprint density at radius 1 is 1.50 bits per heavy atom. The Hall–Kier alpha value is -0.870. The number of likely N-dealkylation sites (tertiary alicyclic amines) is 1. The summed E-state index contributed by atoms with van der Waals surface area (Å²) in [4.78, 5) is 10.5. The number of nitrogens with zero attached hydrogens (tertiary/aromatic N) is 3. The predicted octanol–water partition coefficient (Wildman–Crippen LogP) is 1.25. The van der Waals surface area contributed by atoms with Crippen LogP contribution in [0.4, 0.5) is 5.95 Å². The van der Waals surface area contributed by atoms with Crippen LogP contribution in [0.1, 0.15) is 6.42 Å². The molecule has 1 N–H and O–H groups in total. The maximum absolute atomic E-state index is 5.69. The van der Waals surface area contributed by atoms with Gasteiger partial charge in [0.25, 0.3) is 0 Å². The Bertz CT molecular complexity index is 300. The summed E-state index contributed by atoms with van der Waals surface area (Å²) in [5, 5.41) is 3.84. The van der Waals surface area contributed by atoms with Crippen LogP contribution in [-0.2, 0) is 0 Å². The van der Waals surface area contributed by atoms with Crippen LogP contribution < -0.4 is 5.32 Å². The van der Waals surface area contributed by atoms with Crippen molar-refractivity contribution in [2.24, 2.45) is 0 Å². The second-order valence-electron chi connectivity index (χ2n) is 3.62. The average Bonchev–Trinajstić information content (AvgIpc) is 2.56.